The van der Waals surface area contributed by atoms with Gasteiger partial charge in [0.15, 0.2) is 0 Å². The fourth-order valence-electron chi connectivity index (χ4n) is 1.31. The maximum absolute atomic E-state index is 13.1. The summed E-state index contributed by atoms with van der Waals surface area (Å²) >= 11 is 0. The van der Waals surface area contributed by atoms with E-state index >= 15 is 0 Å². The molecule has 1 N–H and O–H groups in total. The smallest absolute Gasteiger partial charge is 0.416 e. The van der Waals surface area contributed by atoms with Crippen LogP contribution < -0.4 is 0 Å². The lowest BCUT2D eigenvalue weighted by molar-refractivity contribution is -0.166. The Balaban J connectivity index is 3.29. The van der Waals surface area contributed by atoms with Crippen molar-refractivity contribution < 1.29 is 31.9 Å². The Morgan fingerprint density at radius 3 is 2.06 bits per heavy atom. The standard InChI is InChI=1S/C10H7F5O2/c1-5-4-6(10(13,14)15)2-3-7(5)9(11,12)8(16)17/h2-4H,1H3,(H,16,17). The fourth-order valence-corrected chi connectivity index (χ4v) is 1.31. The van der Waals surface area contributed by atoms with Gasteiger partial charge in [-0.25, -0.2) is 4.79 Å². The van der Waals surface area contributed by atoms with E-state index in [1.54, 1.807) is 0 Å². The Labute approximate surface area is 92.7 Å². The highest BCUT2D eigenvalue weighted by molar-refractivity contribution is 5.77. The van der Waals surface area contributed by atoms with Gasteiger partial charge in [-0.05, 0) is 24.6 Å². The van der Waals surface area contributed by atoms with Crippen molar-refractivity contribution in [2.45, 2.75) is 19.0 Å². The lowest BCUT2D eigenvalue weighted by Gasteiger charge is -2.16. The normalized spacial score (nSPS) is 12.6. The van der Waals surface area contributed by atoms with Gasteiger partial charge in [-0.2, -0.15) is 22.0 Å². The molecule has 0 bridgehead atoms. The van der Waals surface area contributed by atoms with Gasteiger partial charge < -0.3 is 5.11 Å². The summed E-state index contributed by atoms with van der Waals surface area (Å²) in [6.07, 6.45) is -4.65. The number of aliphatic carboxylic acids is 1. The number of hydrogen-bond acceptors (Lipinski definition) is 1. The fraction of sp³-hybridized carbons (Fsp3) is 0.300. The molecule has 94 valence electrons. The van der Waals surface area contributed by atoms with Gasteiger partial charge in [0.1, 0.15) is 0 Å². The van der Waals surface area contributed by atoms with Crippen LogP contribution in [0.5, 0.6) is 0 Å². The Morgan fingerprint density at radius 1 is 1.18 bits per heavy atom. The van der Waals surface area contributed by atoms with E-state index in [1.165, 1.54) is 0 Å². The molecule has 0 spiro atoms. The third-order valence-electron chi connectivity index (χ3n) is 2.16. The first-order valence-corrected chi connectivity index (χ1v) is 4.36. The lowest BCUT2D eigenvalue weighted by atomic mass is 10.00. The summed E-state index contributed by atoms with van der Waals surface area (Å²) in [6.45, 7) is 1.00. The number of aryl methyl sites for hydroxylation is 1. The van der Waals surface area contributed by atoms with Gasteiger partial charge >= 0.3 is 18.1 Å². The number of rotatable bonds is 2. The first kappa shape index (κ1) is 13.4. The average Bonchev–Trinajstić information content (AvgIpc) is 2.15. The topological polar surface area (TPSA) is 37.3 Å². The zero-order valence-electron chi connectivity index (χ0n) is 8.48. The average molecular weight is 254 g/mol. The molecule has 1 aromatic carbocycles. The molecule has 1 aromatic rings. The molecule has 0 saturated heterocycles. The van der Waals surface area contributed by atoms with E-state index in [0.29, 0.717) is 18.2 Å². The van der Waals surface area contributed by atoms with Crippen LogP contribution in [0.2, 0.25) is 0 Å². The number of hydrogen-bond donors (Lipinski definition) is 1. The summed E-state index contributed by atoms with van der Waals surface area (Å²) < 4.78 is 62.9. The molecule has 0 aromatic heterocycles. The first-order valence-electron chi connectivity index (χ1n) is 4.36. The lowest BCUT2D eigenvalue weighted by Crippen LogP contribution is -2.26. The Bertz CT molecular complexity index is 450. The second-order valence-electron chi connectivity index (χ2n) is 3.41. The quantitative estimate of drug-likeness (QED) is 0.823. The minimum absolute atomic E-state index is 0.424. The van der Waals surface area contributed by atoms with E-state index in [4.69, 9.17) is 5.11 Å². The van der Waals surface area contributed by atoms with Crippen LogP contribution in [0.4, 0.5) is 22.0 Å². The molecule has 0 radical (unpaired) electrons. The predicted molar refractivity (Wildman–Crippen MR) is 47.7 cm³/mol. The van der Waals surface area contributed by atoms with E-state index < -0.39 is 34.8 Å². The second-order valence-corrected chi connectivity index (χ2v) is 3.41. The molecule has 0 amide bonds. The molecule has 17 heavy (non-hydrogen) atoms. The maximum atomic E-state index is 13.1. The van der Waals surface area contributed by atoms with Crippen molar-refractivity contribution in [1.29, 1.82) is 0 Å². The van der Waals surface area contributed by atoms with E-state index in [-0.39, 0.29) is 0 Å². The number of carboxylic acids is 1. The van der Waals surface area contributed by atoms with Crippen molar-refractivity contribution in [3.63, 3.8) is 0 Å². The minimum atomic E-state index is -4.65. The number of halogens is 5. The Hall–Kier alpha value is -1.66. The van der Waals surface area contributed by atoms with Crippen molar-refractivity contribution in [2.24, 2.45) is 0 Å². The van der Waals surface area contributed by atoms with Gasteiger partial charge in [0.2, 0.25) is 0 Å². The van der Waals surface area contributed by atoms with Crippen LogP contribution in [-0.2, 0) is 16.9 Å². The summed E-state index contributed by atoms with van der Waals surface area (Å²) in [7, 11) is 0. The zero-order chi connectivity index (χ0) is 13.4. The summed E-state index contributed by atoms with van der Waals surface area (Å²) in [5.41, 5.74) is -2.47. The molecule has 0 aliphatic heterocycles. The largest absolute Gasteiger partial charge is 0.477 e. The highest BCUT2D eigenvalue weighted by Crippen LogP contribution is 2.35. The molecule has 0 heterocycles. The molecule has 1 rings (SSSR count). The van der Waals surface area contributed by atoms with Gasteiger partial charge in [0, 0.05) is 5.56 Å². The number of carbonyl (C=O) groups is 1. The van der Waals surface area contributed by atoms with Crippen LogP contribution in [0.3, 0.4) is 0 Å². The van der Waals surface area contributed by atoms with Gasteiger partial charge in [0.25, 0.3) is 0 Å². The Morgan fingerprint density at radius 2 is 1.71 bits per heavy atom. The summed E-state index contributed by atoms with van der Waals surface area (Å²) in [6, 6.07) is 1.40. The summed E-state index contributed by atoms with van der Waals surface area (Å²) in [5.74, 6) is -6.60. The number of benzene rings is 1. The van der Waals surface area contributed by atoms with Crippen molar-refractivity contribution in [3.8, 4) is 0 Å². The number of alkyl halides is 5. The van der Waals surface area contributed by atoms with Crippen LogP contribution in [0.25, 0.3) is 0 Å². The van der Waals surface area contributed by atoms with Crippen molar-refractivity contribution in [2.75, 3.05) is 0 Å². The van der Waals surface area contributed by atoms with Crippen molar-refractivity contribution in [1.82, 2.24) is 0 Å². The van der Waals surface area contributed by atoms with E-state index in [1.807, 2.05) is 0 Å². The monoisotopic (exact) mass is 254 g/mol. The first-order chi connectivity index (χ1) is 7.56. The molecule has 7 heteroatoms. The van der Waals surface area contributed by atoms with Gasteiger partial charge in [-0.1, -0.05) is 6.07 Å². The van der Waals surface area contributed by atoms with E-state index in [0.717, 1.165) is 6.92 Å². The summed E-state index contributed by atoms with van der Waals surface area (Å²) in [4.78, 5) is 10.3. The molecular formula is C10H7F5O2. The molecule has 2 nitrogen and oxygen atoms in total. The third-order valence-corrected chi connectivity index (χ3v) is 2.16. The molecule has 0 fully saturated rings. The molecule has 0 saturated carbocycles. The highest BCUT2D eigenvalue weighted by atomic mass is 19.4. The van der Waals surface area contributed by atoms with E-state index in [9.17, 15) is 26.7 Å². The molecular weight excluding hydrogens is 247 g/mol. The minimum Gasteiger partial charge on any atom is -0.477 e. The SMILES string of the molecule is Cc1cc(C(F)(F)F)ccc1C(F)(F)C(=O)O. The van der Waals surface area contributed by atoms with Gasteiger partial charge in [-0.15, -0.1) is 0 Å². The predicted octanol–water partition coefficient (Wildman–Crippen LogP) is 3.19. The number of carboxylic acid groups (broad SMARTS) is 1. The zero-order valence-corrected chi connectivity index (χ0v) is 8.48. The van der Waals surface area contributed by atoms with Crippen LogP contribution in [0.15, 0.2) is 18.2 Å². The van der Waals surface area contributed by atoms with Crippen LogP contribution in [0, 0.1) is 6.92 Å². The third kappa shape index (κ3) is 2.54. The second kappa shape index (κ2) is 3.97. The van der Waals surface area contributed by atoms with Crippen molar-refractivity contribution >= 4 is 5.97 Å². The van der Waals surface area contributed by atoms with E-state index in [2.05, 4.69) is 0 Å². The molecule has 0 aliphatic carbocycles. The maximum Gasteiger partial charge on any atom is 0.416 e. The van der Waals surface area contributed by atoms with Gasteiger partial charge in [0.05, 0.1) is 5.56 Å². The van der Waals surface area contributed by atoms with Crippen LogP contribution in [0.1, 0.15) is 16.7 Å². The molecule has 0 atom stereocenters. The summed E-state index contributed by atoms with van der Waals surface area (Å²) in [5, 5.41) is 8.28. The van der Waals surface area contributed by atoms with Crippen LogP contribution >= 0.6 is 0 Å². The van der Waals surface area contributed by atoms with Crippen LogP contribution in [-0.4, -0.2) is 11.1 Å². The molecule has 0 unspecified atom stereocenters. The molecule has 0 aliphatic rings. The Kier molecular flexibility index (Phi) is 3.13. The van der Waals surface area contributed by atoms with Crippen molar-refractivity contribution in [3.05, 3.63) is 34.9 Å². The highest BCUT2D eigenvalue weighted by Gasteiger charge is 2.43. The van der Waals surface area contributed by atoms with Gasteiger partial charge in [-0.3, -0.25) is 0 Å².